The van der Waals surface area contributed by atoms with E-state index in [9.17, 15) is 9.59 Å². The molecule has 0 heterocycles. The first-order valence-corrected chi connectivity index (χ1v) is 5.33. The molecule has 0 unspecified atom stereocenters. The zero-order valence-electron chi connectivity index (χ0n) is 9.39. The average molecular weight is 267 g/mol. The molecule has 0 aromatic heterocycles. The minimum atomic E-state index is -1.03. The molecule has 1 aromatic rings. The Bertz CT molecular complexity index is 523. The van der Waals surface area contributed by atoms with Crippen LogP contribution in [0.1, 0.15) is 10.4 Å². The molecule has 1 aromatic carbocycles. The number of hydrogen-bond acceptors (Lipinski definition) is 3. The second-order valence-electron chi connectivity index (χ2n) is 3.48. The van der Waals surface area contributed by atoms with Gasteiger partial charge in [0, 0.05) is 5.56 Å². The number of amides is 1. The van der Waals surface area contributed by atoms with Crippen molar-refractivity contribution in [1.82, 2.24) is 0 Å². The van der Waals surface area contributed by atoms with Crippen molar-refractivity contribution in [3.63, 3.8) is 0 Å². The smallest absolute Gasteiger partial charge is 0.323 e. The second-order valence-corrected chi connectivity index (χ2v) is 3.89. The Labute approximate surface area is 109 Å². The third kappa shape index (κ3) is 3.40. The molecule has 5 nitrogen and oxygen atoms in total. The van der Waals surface area contributed by atoms with Crippen LogP contribution in [-0.4, -0.2) is 30.1 Å². The van der Waals surface area contributed by atoms with Gasteiger partial charge in [-0.3, -0.25) is 9.59 Å². The van der Waals surface area contributed by atoms with Crippen molar-refractivity contribution >= 4 is 29.2 Å². The van der Waals surface area contributed by atoms with E-state index in [2.05, 4.69) is 5.92 Å². The predicted octanol–water partition coefficient (Wildman–Crippen LogP) is 0.963. The highest BCUT2D eigenvalue weighted by Crippen LogP contribution is 2.26. The molecule has 0 bridgehead atoms. The molecule has 94 valence electrons. The summed E-state index contributed by atoms with van der Waals surface area (Å²) in [7, 11) is 0. The molecule has 0 aliphatic carbocycles. The van der Waals surface area contributed by atoms with E-state index in [0.29, 0.717) is 5.69 Å². The number of benzene rings is 1. The number of nitrogens with two attached hydrogens (primary N) is 1. The van der Waals surface area contributed by atoms with Gasteiger partial charge in [-0.2, -0.15) is 0 Å². The Morgan fingerprint density at radius 3 is 2.61 bits per heavy atom. The standard InChI is InChI=1S/C12H11ClN2O3/c1-2-5-15(7-11(16)17)10-4-3-8(12(14)18)6-9(10)13/h1,3-4,6H,5,7H2,(H2,14,18)(H,16,17). The van der Waals surface area contributed by atoms with Crippen molar-refractivity contribution in [2.75, 3.05) is 18.0 Å². The number of rotatable bonds is 5. The summed E-state index contributed by atoms with van der Waals surface area (Å²) in [5, 5.41) is 9.00. The van der Waals surface area contributed by atoms with Crippen molar-refractivity contribution in [2.24, 2.45) is 5.73 Å². The molecule has 0 radical (unpaired) electrons. The summed E-state index contributed by atoms with van der Waals surface area (Å²) in [5.41, 5.74) is 5.81. The van der Waals surface area contributed by atoms with Crippen LogP contribution in [0.2, 0.25) is 5.02 Å². The maximum atomic E-state index is 11.0. The summed E-state index contributed by atoms with van der Waals surface area (Å²) in [5.74, 6) is 0.715. The van der Waals surface area contributed by atoms with Gasteiger partial charge in [0.05, 0.1) is 17.3 Å². The number of terminal acetylenes is 1. The highest BCUT2D eigenvalue weighted by Gasteiger charge is 2.14. The number of anilines is 1. The minimum absolute atomic E-state index is 0.0991. The molecule has 1 rings (SSSR count). The highest BCUT2D eigenvalue weighted by atomic mass is 35.5. The molecule has 1 amide bonds. The lowest BCUT2D eigenvalue weighted by atomic mass is 10.2. The Hall–Kier alpha value is -2.19. The van der Waals surface area contributed by atoms with Crippen molar-refractivity contribution in [3.05, 3.63) is 28.8 Å². The van der Waals surface area contributed by atoms with E-state index in [1.54, 1.807) is 0 Å². The van der Waals surface area contributed by atoms with E-state index >= 15 is 0 Å². The van der Waals surface area contributed by atoms with E-state index in [4.69, 9.17) is 28.9 Å². The number of carboxylic acid groups (broad SMARTS) is 1. The number of hydrogen-bond donors (Lipinski definition) is 2. The molecule has 0 fully saturated rings. The quantitative estimate of drug-likeness (QED) is 0.778. The van der Waals surface area contributed by atoms with Crippen LogP contribution in [0.3, 0.4) is 0 Å². The van der Waals surface area contributed by atoms with Gasteiger partial charge in [-0.15, -0.1) is 6.42 Å². The van der Waals surface area contributed by atoms with Gasteiger partial charge in [-0.1, -0.05) is 17.5 Å². The largest absolute Gasteiger partial charge is 0.480 e. The van der Waals surface area contributed by atoms with Gasteiger partial charge in [-0.25, -0.2) is 0 Å². The van der Waals surface area contributed by atoms with Crippen LogP contribution < -0.4 is 10.6 Å². The fraction of sp³-hybridized carbons (Fsp3) is 0.167. The second kappa shape index (κ2) is 5.94. The minimum Gasteiger partial charge on any atom is -0.480 e. The Morgan fingerprint density at radius 1 is 1.50 bits per heavy atom. The fourth-order valence-electron chi connectivity index (χ4n) is 1.42. The van der Waals surface area contributed by atoms with Gasteiger partial charge < -0.3 is 15.7 Å². The van der Waals surface area contributed by atoms with Crippen LogP contribution >= 0.6 is 11.6 Å². The van der Waals surface area contributed by atoms with E-state index < -0.39 is 11.9 Å². The number of carbonyl (C=O) groups excluding carboxylic acids is 1. The van der Waals surface area contributed by atoms with E-state index in [-0.39, 0.29) is 23.7 Å². The molecule has 0 aliphatic rings. The Morgan fingerprint density at radius 2 is 2.17 bits per heavy atom. The van der Waals surface area contributed by atoms with Crippen LogP contribution in [0, 0.1) is 12.3 Å². The normalized spacial score (nSPS) is 9.56. The number of carboxylic acids is 1. The topological polar surface area (TPSA) is 83.6 Å². The van der Waals surface area contributed by atoms with E-state index in [0.717, 1.165) is 0 Å². The Kier molecular flexibility index (Phi) is 4.58. The first kappa shape index (κ1) is 13.9. The van der Waals surface area contributed by atoms with Gasteiger partial charge in [-0.05, 0) is 18.2 Å². The molecule has 0 aliphatic heterocycles. The molecule has 0 atom stereocenters. The zero-order chi connectivity index (χ0) is 13.7. The van der Waals surface area contributed by atoms with Crippen LogP contribution in [0.25, 0.3) is 0 Å². The molecular weight excluding hydrogens is 256 g/mol. The summed E-state index contributed by atoms with van der Waals surface area (Å²) < 4.78 is 0. The van der Waals surface area contributed by atoms with Crippen molar-refractivity contribution in [3.8, 4) is 12.3 Å². The lowest BCUT2D eigenvalue weighted by molar-refractivity contribution is -0.135. The summed E-state index contributed by atoms with van der Waals surface area (Å²) in [6.07, 6.45) is 5.17. The maximum absolute atomic E-state index is 11.0. The van der Waals surface area contributed by atoms with Crippen molar-refractivity contribution in [1.29, 1.82) is 0 Å². The highest BCUT2D eigenvalue weighted by molar-refractivity contribution is 6.33. The van der Waals surface area contributed by atoms with Gasteiger partial charge in [0.1, 0.15) is 6.54 Å². The summed E-state index contributed by atoms with van der Waals surface area (Å²) in [6, 6.07) is 4.36. The zero-order valence-corrected chi connectivity index (χ0v) is 10.1. The van der Waals surface area contributed by atoms with E-state index in [1.165, 1.54) is 23.1 Å². The molecule has 3 N–H and O–H groups in total. The molecule has 18 heavy (non-hydrogen) atoms. The summed E-state index contributed by atoms with van der Waals surface area (Å²) in [4.78, 5) is 23.1. The summed E-state index contributed by atoms with van der Waals surface area (Å²) in [6.45, 7) is -0.179. The molecule has 0 saturated carbocycles. The lowest BCUT2D eigenvalue weighted by Gasteiger charge is -2.21. The average Bonchev–Trinajstić information content (AvgIpc) is 2.27. The predicted molar refractivity (Wildman–Crippen MR) is 68.7 cm³/mol. The number of aliphatic carboxylic acids is 1. The molecule has 0 saturated heterocycles. The fourth-order valence-corrected chi connectivity index (χ4v) is 1.72. The van der Waals surface area contributed by atoms with Crippen molar-refractivity contribution < 1.29 is 14.7 Å². The first-order chi connectivity index (χ1) is 8.45. The van der Waals surface area contributed by atoms with Crippen LogP contribution in [-0.2, 0) is 4.79 Å². The SMILES string of the molecule is C#CCN(CC(=O)O)c1ccc(C(N)=O)cc1Cl. The van der Waals surface area contributed by atoms with Gasteiger partial charge in [0.15, 0.2) is 0 Å². The monoisotopic (exact) mass is 266 g/mol. The van der Waals surface area contributed by atoms with Crippen molar-refractivity contribution in [2.45, 2.75) is 0 Å². The number of halogens is 1. The van der Waals surface area contributed by atoms with Gasteiger partial charge in [0.25, 0.3) is 0 Å². The number of nitrogens with zero attached hydrogens (tertiary/aromatic N) is 1. The third-order valence-corrected chi connectivity index (χ3v) is 2.48. The van der Waals surface area contributed by atoms with Crippen LogP contribution in [0.5, 0.6) is 0 Å². The molecule has 6 heteroatoms. The Balaban J connectivity index is 3.09. The number of carbonyl (C=O) groups is 2. The first-order valence-electron chi connectivity index (χ1n) is 4.95. The van der Waals surface area contributed by atoms with Gasteiger partial charge >= 0.3 is 5.97 Å². The van der Waals surface area contributed by atoms with Crippen LogP contribution in [0.15, 0.2) is 18.2 Å². The number of primary amides is 1. The summed E-state index contributed by atoms with van der Waals surface area (Å²) >= 11 is 5.98. The molecule has 0 spiro atoms. The van der Waals surface area contributed by atoms with Crippen LogP contribution in [0.4, 0.5) is 5.69 Å². The van der Waals surface area contributed by atoms with Gasteiger partial charge in [0.2, 0.25) is 5.91 Å². The van der Waals surface area contributed by atoms with E-state index in [1.807, 2.05) is 0 Å². The maximum Gasteiger partial charge on any atom is 0.323 e. The third-order valence-electron chi connectivity index (χ3n) is 2.18. The molecular formula is C12H11ClN2O3. The lowest BCUT2D eigenvalue weighted by Crippen LogP contribution is -2.30.